The molecule has 0 aliphatic rings. The topological polar surface area (TPSA) is 26.3 Å². The molecule has 0 saturated heterocycles. The van der Waals surface area contributed by atoms with Crippen molar-refractivity contribution in [3.05, 3.63) is 52.5 Å². The van der Waals surface area contributed by atoms with Crippen LogP contribution < -0.4 is 4.74 Å². The summed E-state index contributed by atoms with van der Waals surface area (Å²) in [4.78, 5) is 12.9. The van der Waals surface area contributed by atoms with E-state index in [9.17, 15) is 4.79 Å². The quantitative estimate of drug-likeness (QED) is 0.584. The average Bonchev–Trinajstić information content (AvgIpc) is 2.34. The maximum Gasteiger partial charge on any atom is 0.308 e. The summed E-state index contributed by atoms with van der Waals surface area (Å²) in [5, 5.41) is 1.21. The van der Waals surface area contributed by atoms with Crippen molar-refractivity contribution < 1.29 is 9.53 Å². The van der Waals surface area contributed by atoms with Crippen LogP contribution in [0.15, 0.2) is 52.3 Å². The molecule has 0 radical (unpaired) electrons. The van der Waals surface area contributed by atoms with Gasteiger partial charge in [0, 0.05) is 27.9 Å². The molecule has 2 nitrogen and oxygen atoms in total. The molecule has 0 N–H and O–H groups in total. The number of halogens is 2. The molecule has 5 heteroatoms. The summed E-state index contributed by atoms with van der Waals surface area (Å²) in [6, 6.07) is 12.6. The zero-order valence-electron chi connectivity index (χ0n) is 10.0. The minimum Gasteiger partial charge on any atom is -0.425 e. The summed E-state index contributed by atoms with van der Waals surface area (Å²) >= 11 is 13.2. The minimum atomic E-state index is -0.375. The molecule has 2 rings (SSSR count). The summed E-state index contributed by atoms with van der Waals surface area (Å²) in [6.07, 6.45) is 0. The first-order valence-corrected chi connectivity index (χ1v) is 7.03. The molecule has 0 bridgehead atoms. The van der Waals surface area contributed by atoms with E-state index in [1.165, 1.54) is 18.7 Å². The number of esters is 1. The highest BCUT2D eigenvalue weighted by Crippen LogP contribution is 2.37. The third-order valence-electron chi connectivity index (χ3n) is 2.20. The Kier molecular flexibility index (Phi) is 4.75. The average molecular weight is 313 g/mol. The molecule has 0 aromatic heterocycles. The first-order valence-electron chi connectivity index (χ1n) is 5.46. The van der Waals surface area contributed by atoms with E-state index in [2.05, 4.69) is 0 Å². The Balaban J connectivity index is 2.28. The lowest BCUT2D eigenvalue weighted by Gasteiger charge is -2.09. The van der Waals surface area contributed by atoms with Crippen molar-refractivity contribution in [1.82, 2.24) is 0 Å². The molecule has 2 aromatic carbocycles. The second kappa shape index (κ2) is 6.33. The van der Waals surface area contributed by atoms with E-state index in [1.807, 2.05) is 30.3 Å². The molecule has 0 fully saturated rings. The molecule has 98 valence electrons. The number of ether oxygens (including phenoxy) is 1. The van der Waals surface area contributed by atoms with Gasteiger partial charge in [-0.05, 0) is 36.4 Å². The Labute approximate surface area is 125 Å². The molecule has 0 amide bonds. The SMILES string of the molecule is CC(=O)Oc1cc(Cl)ccc1Sc1ccc(Cl)cc1. The first-order chi connectivity index (χ1) is 9.04. The van der Waals surface area contributed by atoms with Gasteiger partial charge in [0.05, 0.1) is 4.90 Å². The third-order valence-corrected chi connectivity index (χ3v) is 3.75. The van der Waals surface area contributed by atoms with Gasteiger partial charge in [-0.3, -0.25) is 4.79 Å². The van der Waals surface area contributed by atoms with Crippen molar-refractivity contribution in [3.8, 4) is 5.75 Å². The second-order valence-electron chi connectivity index (χ2n) is 3.74. The van der Waals surface area contributed by atoms with E-state index >= 15 is 0 Å². The van der Waals surface area contributed by atoms with Crippen LogP contribution in [0.4, 0.5) is 0 Å². The summed E-state index contributed by atoms with van der Waals surface area (Å²) in [7, 11) is 0. The predicted molar refractivity (Wildman–Crippen MR) is 78.3 cm³/mol. The third kappa shape index (κ3) is 4.16. The van der Waals surface area contributed by atoms with Gasteiger partial charge < -0.3 is 4.74 Å². The lowest BCUT2D eigenvalue weighted by molar-refractivity contribution is -0.132. The minimum absolute atomic E-state index is 0.375. The summed E-state index contributed by atoms with van der Waals surface area (Å²) in [6.45, 7) is 1.36. The molecular formula is C14H10Cl2O2S. The molecular weight excluding hydrogens is 303 g/mol. The standard InChI is InChI=1S/C14H10Cl2O2S/c1-9(17)18-13-8-11(16)4-7-14(13)19-12-5-2-10(15)3-6-12/h2-8H,1H3. The van der Waals surface area contributed by atoms with Crippen molar-refractivity contribution in [1.29, 1.82) is 0 Å². The van der Waals surface area contributed by atoms with Crippen molar-refractivity contribution in [3.63, 3.8) is 0 Å². The molecule has 0 aliphatic heterocycles. The van der Waals surface area contributed by atoms with Gasteiger partial charge in [0.15, 0.2) is 0 Å². The van der Waals surface area contributed by atoms with Crippen LogP contribution in [0.3, 0.4) is 0 Å². The fourth-order valence-corrected chi connectivity index (χ4v) is 2.58. The van der Waals surface area contributed by atoms with Gasteiger partial charge in [0.25, 0.3) is 0 Å². The Bertz CT molecular complexity index is 597. The normalized spacial score (nSPS) is 10.3. The van der Waals surface area contributed by atoms with Gasteiger partial charge in [-0.1, -0.05) is 35.0 Å². The Morgan fingerprint density at radius 2 is 1.68 bits per heavy atom. The largest absolute Gasteiger partial charge is 0.425 e. The van der Waals surface area contributed by atoms with Gasteiger partial charge in [0.2, 0.25) is 0 Å². The summed E-state index contributed by atoms with van der Waals surface area (Å²) in [5.41, 5.74) is 0. The maximum atomic E-state index is 11.1. The van der Waals surface area contributed by atoms with Gasteiger partial charge >= 0.3 is 5.97 Å². The Hall–Kier alpha value is -1.16. The number of hydrogen-bond acceptors (Lipinski definition) is 3. The van der Waals surface area contributed by atoms with Gasteiger partial charge in [-0.2, -0.15) is 0 Å². The first kappa shape index (κ1) is 14.3. The van der Waals surface area contributed by atoms with Crippen LogP contribution >= 0.6 is 35.0 Å². The second-order valence-corrected chi connectivity index (χ2v) is 5.73. The molecule has 0 saturated carbocycles. The van der Waals surface area contributed by atoms with E-state index in [-0.39, 0.29) is 5.97 Å². The van der Waals surface area contributed by atoms with Gasteiger partial charge in [0.1, 0.15) is 5.75 Å². The summed E-state index contributed by atoms with van der Waals surface area (Å²) < 4.78 is 5.15. The molecule has 0 atom stereocenters. The number of hydrogen-bond donors (Lipinski definition) is 0. The number of carbonyl (C=O) groups excluding carboxylic acids is 1. The van der Waals surface area contributed by atoms with Crippen molar-refractivity contribution in [2.24, 2.45) is 0 Å². The van der Waals surface area contributed by atoms with Crippen molar-refractivity contribution in [2.45, 2.75) is 16.7 Å². The van der Waals surface area contributed by atoms with E-state index in [1.54, 1.807) is 12.1 Å². The molecule has 0 spiro atoms. The number of carbonyl (C=O) groups is 1. The van der Waals surface area contributed by atoms with Crippen molar-refractivity contribution in [2.75, 3.05) is 0 Å². The highest BCUT2D eigenvalue weighted by Gasteiger charge is 2.09. The number of benzene rings is 2. The summed E-state index contributed by atoms with van der Waals surface area (Å²) in [5.74, 6) is 0.0835. The van der Waals surface area contributed by atoms with Crippen LogP contribution in [-0.4, -0.2) is 5.97 Å². The fraction of sp³-hybridized carbons (Fsp3) is 0.0714. The zero-order valence-corrected chi connectivity index (χ0v) is 12.4. The Morgan fingerprint density at radius 1 is 1.05 bits per heavy atom. The van der Waals surface area contributed by atoms with Gasteiger partial charge in [-0.15, -0.1) is 0 Å². The monoisotopic (exact) mass is 312 g/mol. The lowest BCUT2D eigenvalue weighted by atomic mass is 10.3. The number of rotatable bonds is 3. The van der Waals surface area contributed by atoms with Crippen LogP contribution in [0.25, 0.3) is 0 Å². The molecule has 19 heavy (non-hydrogen) atoms. The van der Waals surface area contributed by atoms with Crippen LogP contribution in [0, 0.1) is 0 Å². The molecule has 0 unspecified atom stereocenters. The Morgan fingerprint density at radius 3 is 2.32 bits per heavy atom. The zero-order chi connectivity index (χ0) is 13.8. The van der Waals surface area contributed by atoms with Crippen LogP contribution in [0.1, 0.15) is 6.92 Å². The van der Waals surface area contributed by atoms with E-state index in [0.29, 0.717) is 15.8 Å². The van der Waals surface area contributed by atoms with Crippen LogP contribution in [-0.2, 0) is 4.79 Å². The maximum absolute atomic E-state index is 11.1. The lowest BCUT2D eigenvalue weighted by Crippen LogP contribution is -2.02. The van der Waals surface area contributed by atoms with Crippen LogP contribution in [0.2, 0.25) is 10.0 Å². The molecule has 2 aromatic rings. The van der Waals surface area contributed by atoms with E-state index in [4.69, 9.17) is 27.9 Å². The molecule has 0 heterocycles. The highest BCUT2D eigenvalue weighted by atomic mass is 35.5. The van der Waals surface area contributed by atoms with Gasteiger partial charge in [-0.25, -0.2) is 0 Å². The fourth-order valence-electron chi connectivity index (χ4n) is 1.43. The van der Waals surface area contributed by atoms with Crippen LogP contribution in [0.5, 0.6) is 5.75 Å². The molecule has 0 aliphatic carbocycles. The predicted octanol–water partition coefficient (Wildman–Crippen LogP) is 5.07. The van der Waals surface area contributed by atoms with E-state index in [0.717, 1.165) is 9.79 Å². The van der Waals surface area contributed by atoms with E-state index < -0.39 is 0 Å². The highest BCUT2D eigenvalue weighted by molar-refractivity contribution is 7.99. The van der Waals surface area contributed by atoms with Crippen molar-refractivity contribution >= 4 is 40.9 Å². The smallest absolute Gasteiger partial charge is 0.308 e.